The number of fused-ring (bicyclic) bond motifs is 2. The summed E-state index contributed by atoms with van der Waals surface area (Å²) in [4.78, 5) is 2.59. The summed E-state index contributed by atoms with van der Waals surface area (Å²) in [5, 5.41) is 3.74. The quantitative estimate of drug-likeness (QED) is 0.915. The van der Waals surface area contributed by atoms with Crippen LogP contribution in [0.2, 0.25) is 0 Å². The van der Waals surface area contributed by atoms with Crippen molar-refractivity contribution >= 4 is 12.4 Å². The van der Waals surface area contributed by atoms with Gasteiger partial charge in [0.2, 0.25) is 0 Å². The van der Waals surface area contributed by atoms with E-state index in [9.17, 15) is 0 Å². The van der Waals surface area contributed by atoms with Gasteiger partial charge in [0.05, 0.1) is 0 Å². The SMILES string of the molecule is Cc1cc(C)c(CN(C)C2CC3CCC(C2)N3)c(C)c1.Cl. The fourth-order valence-electron chi connectivity index (χ4n) is 4.22. The van der Waals surface area contributed by atoms with E-state index >= 15 is 0 Å². The molecule has 2 aliphatic heterocycles. The number of halogens is 1. The smallest absolute Gasteiger partial charge is 0.0238 e. The van der Waals surface area contributed by atoms with E-state index < -0.39 is 0 Å². The van der Waals surface area contributed by atoms with Gasteiger partial charge in [-0.15, -0.1) is 12.4 Å². The van der Waals surface area contributed by atoms with Gasteiger partial charge in [0.15, 0.2) is 0 Å². The summed E-state index contributed by atoms with van der Waals surface area (Å²) >= 11 is 0. The van der Waals surface area contributed by atoms with E-state index in [-0.39, 0.29) is 12.4 Å². The van der Waals surface area contributed by atoms with Crippen LogP contribution in [0.5, 0.6) is 0 Å². The van der Waals surface area contributed by atoms with Gasteiger partial charge in [0.1, 0.15) is 0 Å². The molecule has 0 amide bonds. The van der Waals surface area contributed by atoms with Crippen LogP contribution in [0, 0.1) is 20.8 Å². The van der Waals surface area contributed by atoms with Crippen molar-refractivity contribution in [3.63, 3.8) is 0 Å². The number of hydrogen-bond donors (Lipinski definition) is 1. The van der Waals surface area contributed by atoms with E-state index in [4.69, 9.17) is 0 Å². The molecule has 0 aromatic heterocycles. The monoisotopic (exact) mass is 308 g/mol. The van der Waals surface area contributed by atoms with Crippen LogP contribution in [0.25, 0.3) is 0 Å². The molecule has 0 radical (unpaired) electrons. The Morgan fingerprint density at radius 1 is 1.05 bits per heavy atom. The molecule has 1 aromatic carbocycles. The first kappa shape index (κ1) is 16.8. The third-order valence-electron chi connectivity index (χ3n) is 5.32. The van der Waals surface area contributed by atoms with Gasteiger partial charge in [-0.1, -0.05) is 17.7 Å². The summed E-state index contributed by atoms with van der Waals surface area (Å²) in [6.45, 7) is 7.81. The standard InChI is InChI=1S/C18H28N2.ClH/c1-12-7-13(2)18(14(3)8-12)11-20(4)17-9-15-5-6-16(10-17)19-15;/h7-8,15-17,19H,5-6,9-11H2,1-4H3;1H. The highest BCUT2D eigenvalue weighted by molar-refractivity contribution is 5.85. The van der Waals surface area contributed by atoms with Crippen molar-refractivity contribution < 1.29 is 0 Å². The number of piperidine rings is 1. The molecule has 2 fully saturated rings. The normalized spacial score (nSPS) is 27.8. The molecule has 0 aliphatic carbocycles. The molecule has 2 heterocycles. The predicted octanol–water partition coefficient (Wildman–Crippen LogP) is 3.75. The number of rotatable bonds is 3. The minimum atomic E-state index is 0. The largest absolute Gasteiger partial charge is 0.311 e. The summed E-state index contributed by atoms with van der Waals surface area (Å²) in [5.74, 6) is 0. The second kappa shape index (κ2) is 6.68. The summed E-state index contributed by atoms with van der Waals surface area (Å²) in [5.41, 5.74) is 5.81. The molecule has 21 heavy (non-hydrogen) atoms. The minimum absolute atomic E-state index is 0. The predicted molar refractivity (Wildman–Crippen MR) is 92.3 cm³/mol. The Morgan fingerprint density at radius 2 is 1.57 bits per heavy atom. The van der Waals surface area contributed by atoms with E-state index in [1.165, 1.54) is 47.9 Å². The molecule has 0 saturated carbocycles. The fourth-order valence-corrected chi connectivity index (χ4v) is 4.22. The third-order valence-corrected chi connectivity index (χ3v) is 5.32. The molecular weight excluding hydrogens is 280 g/mol. The second-order valence-corrected chi connectivity index (χ2v) is 7.06. The Kier molecular flexibility index (Phi) is 5.34. The molecule has 2 saturated heterocycles. The van der Waals surface area contributed by atoms with Crippen molar-refractivity contribution in [2.24, 2.45) is 0 Å². The highest BCUT2D eigenvalue weighted by atomic mass is 35.5. The van der Waals surface area contributed by atoms with Gasteiger partial charge in [-0.05, 0) is 70.2 Å². The zero-order chi connectivity index (χ0) is 14.3. The lowest BCUT2D eigenvalue weighted by molar-refractivity contribution is 0.165. The van der Waals surface area contributed by atoms with Crippen molar-refractivity contribution in [2.75, 3.05) is 7.05 Å². The Labute approximate surface area is 135 Å². The van der Waals surface area contributed by atoms with Crippen LogP contribution in [-0.4, -0.2) is 30.1 Å². The average Bonchev–Trinajstić information content (AvgIpc) is 2.72. The number of benzene rings is 1. The number of nitrogens with zero attached hydrogens (tertiary/aromatic N) is 1. The van der Waals surface area contributed by atoms with Crippen LogP contribution in [0.1, 0.15) is 47.9 Å². The fraction of sp³-hybridized carbons (Fsp3) is 0.667. The molecule has 2 nitrogen and oxygen atoms in total. The molecule has 3 rings (SSSR count). The number of nitrogens with one attached hydrogen (secondary N) is 1. The van der Waals surface area contributed by atoms with Crippen molar-refractivity contribution in [2.45, 2.75) is 71.1 Å². The van der Waals surface area contributed by atoms with Gasteiger partial charge in [0, 0.05) is 24.7 Å². The molecule has 1 aromatic rings. The Bertz CT molecular complexity index is 465. The zero-order valence-electron chi connectivity index (χ0n) is 13.8. The summed E-state index contributed by atoms with van der Waals surface area (Å²) in [7, 11) is 2.31. The van der Waals surface area contributed by atoms with Crippen LogP contribution in [-0.2, 0) is 6.54 Å². The van der Waals surface area contributed by atoms with Crippen molar-refractivity contribution in [3.8, 4) is 0 Å². The molecule has 2 unspecified atom stereocenters. The van der Waals surface area contributed by atoms with E-state index in [1.54, 1.807) is 0 Å². The maximum Gasteiger partial charge on any atom is 0.0238 e. The Balaban J connectivity index is 0.00000161. The summed E-state index contributed by atoms with van der Waals surface area (Å²) in [6, 6.07) is 6.96. The minimum Gasteiger partial charge on any atom is -0.311 e. The molecule has 2 bridgehead atoms. The molecule has 3 heteroatoms. The van der Waals surface area contributed by atoms with E-state index in [0.29, 0.717) is 0 Å². The Morgan fingerprint density at radius 3 is 2.10 bits per heavy atom. The van der Waals surface area contributed by atoms with Gasteiger partial charge < -0.3 is 5.32 Å². The summed E-state index contributed by atoms with van der Waals surface area (Å²) in [6.07, 6.45) is 5.43. The van der Waals surface area contributed by atoms with Gasteiger partial charge in [0.25, 0.3) is 0 Å². The van der Waals surface area contributed by atoms with Crippen LogP contribution in [0.3, 0.4) is 0 Å². The van der Waals surface area contributed by atoms with Gasteiger partial charge >= 0.3 is 0 Å². The van der Waals surface area contributed by atoms with Gasteiger partial charge in [-0.3, -0.25) is 4.90 Å². The van der Waals surface area contributed by atoms with Crippen LogP contribution in [0.4, 0.5) is 0 Å². The van der Waals surface area contributed by atoms with Crippen molar-refractivity contribution in [1.82, 2.24) is 10.2 Å². The zero-order valence-corrected chi connectivity index (χ0v) is 14.6. The van der Waals surface area contributed by atoms with E-state index in [1.807, 2.05) is 0 Å². The van der Waals surface area contributed by atoms with Crippen LogP contribution in [0.15, 0.2) is 12.1 Å². The molecule has 1 N–H and O–H groups in total. The van der Waals surface area contributed by atoms with Crippen molar-refractivity contribution in [3.05, 3.63) is 34.4 Å². The first-order chi connectivity index (χ1) is 9.52. The summed E-state index contributed by atoms with van der Waals surface area (Å²) < 4.78 is 0. The third kappa shape index (κ3) is 3.61. The first-order valence-electron chi connectivity index (χ1n) is 8.06. The highest BCUT2D eigenvalue weighted by Crippen LogP contribution is 2.30. The maximum absolute atomic E-state index is 3.74. The molecule has 118 valence electrons. The lowest BCUT2D eigenvalue weighted by Gasteiger charge is -2.36. The van der Waals surface area contributed by atoms with Gasteiger partial charge in [-0.2, -0.15) is 0 Å². The van der Waals surface area contributed by atoms with Crippen LogP contribution >= 0.6 is 12.4 Å². The van der Waals surface area contributed by atoms with E-state index in [2.05, 4.69) is 50.2 Å². The molecule has 0 spiro atoms. The first-order valence-corrected chi connectivity index (χ1v) is 8.06. The second-order valence-electron chi connectivity index (χ2n) is 7.06. The number of hydrogen-bond acceptors (Lipinski definition) is 2. The molecular formula is C18H29ClN2. The Hall–Kier alpha value is -0.570. The average molecular weight is 309 g/mol. The van der Waals surface area contributed by atoms with E-state index in [0.717, 1.165) is 24.7 Å². The number of aryl methyl sites for hydroxylation is 3. The lowest BCUT2D eigenvalue weighted by atomic mass is 9.95. The maximum atomic E-state index is 3.74. The van der Waals surface area contributed by atoms with Crippen LogP contribution < -0.4 is 5.32 Å². The topological polar surface area (TPSA) is 15.3 Å². The van der Waals surface area contributed by atoms with Gasteiger partial charge in [-0.25, -0.2) is 0 Å². The lowest BCUT2D eigenvalue weighted by Crippen LogP contribution is -2.46. The molecule has 2 atom stereocenters. The highest BCUT2D eigenvalue weighted by Gasteiger charge is 2.35. The molecule has 2 aliphatic rings. The van der Waals surface area contributed by atoms with Crippen molar-refractivity contribution in [1.29, 1.82) is 0 Å².